The number of aromatic hydroxyl groups is 1. The summed E-state index contributed by atoms with van der Waals surface area (Å²) in [4.78, 5) is 27.4. The van der Waals surface area contributed by atoms with Crippen LogP contribution in [0.3, 0.4) is 0 Å². The minimum atomic E-state index is -0.820. The van der Waals surface area contributed by atoms with Gasteiger partial charge in [-0.15, -0.1) is 0 Å². The zero-order chi connectivity index (χ0) is 20.5. The molecule has 2 heterocycles. The molecule has 0 aliphatic carbocycles. The highest BCUT2D eigenvalue weighted by molar-refractivity contribution is 6.16. The summed E-state index contributed by atoms with van der Waals surface area (Å²) >= 11 is 0. The van der Waals surface area contributed by atoms with Gasteiger partial charge in [0, 0.05) is 19.0 Å². The van der Waals surface area contributed by atoms with Crippen LogP contribution in [-0.2, 0) is 9.53 Å². The van der Waals surface area contributed by atoms with Crippen molar-refractivity contribution in [1.29, 1.82) is 0 Å². The number of carbonyl (C=O) groups is 2. The number of benzene rings is 2. The first-order valence-corrected chi connectivity index (χ1v) is 9.06. The maximum Gasteiger partial charge on any atom is 0.290 e. The van der Waals surface area contributed by atoms with E-state index >= 15 is 0 Å². The molecule has 0 saturated heterocycles. The highest BCUT2D eigenvalue weighted by atomic mass is 16.5. The predicted molar refractivity (Wildman–Crippen MR) is 105 cm³/mol. The van der Waals surface area contributed by atoms with Crippen molar-refractivity contribution >= 4 is 22.7 Å². The number of hydrogen-bond acceptors (Lipinski definition) is 6. The highest BCUT2D eigenvalue weighted by Crippen LogP contribution is 2.39. The van der Waals surface area contributed by atoms with Crippen LogP contribution in [0.15, 0.2) is 70.3 Å². The molecule has 0 bridgehead atoms. The summed E-state index contributed by atoms with van der Waals surface area (Å²) in [6.45, 7) is 0.418. The summed E-state index contributed by atoms with van der Waals surface area (Å²) in [5, 5.41) is 20.9. The number of aliphatic hydroxyl groups excluding tert-OH is 1. The summed E-state index contributed by atoms with van der Waals surface area (Å²) in [7, 11) is 1.50. The molecule has 7 heteroatoms. The number of carbonyl (C=O) groups excluding carboxylic acids is 2. The molecule has 4 rings (SSSR count). The number of rotatable bonds is 6. The van der Waals surface area contributed by atoms with Gasteiger partial charge in [0.25, 0.3) is 5.91 Å². The minimum absolute atomic E-state index is 0.0397. The molecule has 29 heavy (non-hydrogen) atoms. The first-order chi connectivity index (χ1) is 14.0. The highest BCUT2D eigenvalue weighted by Gasteiger charge is 2.44. The molecule has 1 aliphatic heterocycles. The van der Waals surface area contributed by atoms with E-state index in [2.05, 4.69) is 0 Å². The average Bonchev–Trinajstić information content (AvgIpc) is 3.26. The van der Waals surface area contributed by atoms with Gasteiger partial charge in [-0.3, -0.25) is 9.59 Å². The fraction of sp³-hybridized carbons (Fsp3) is 0.182. The topological polar surface area (TPSA) is 100 Å². The zero-order valence-corrected chi connectivity index (χ0v) is 15.7. The average molecular weight is 393 g/mol. The number of Topliss-reactive ketones (excluding diaryl/α,β-unsaturated/α-hetero) is 1. The first kappa shape index (κ1) is 18.8. The third-order valence-corrected chi connectivity index (χ3v) is 4.94. The Balaban J connectivity index is 1.79. The van der Waals surface area contributed by atoms with Gasteiger partial charge in [-0.05, 0) is 29.8 Å². The molecule has 1 aromatic heterocycles. The van der Waals surface area contributed by atoms with Gasteiger partial charge in [-0.2, -0.15) is 0 Å². The number of para-hydroxylation sites is 1. The number of phenols is 1. The molecular weight excluding hydrogens is 374 g/mol. The van der Waals surface area contributed by atoms with Crippen LogP contribution in [0.4, 0.5) is 0 Å². The number of ether oxygens (including phenoxy) is 1. The SMILES string of the molecule is COCCN1C(=O)C(O)=C(C(=O)c2cc3ccccc3o2)C1c1ccc(O)cc1. The van der Waals surface area contributed by atoms with Gasteiger partial charge in [-0.1, -0.05) is 30.3 Å². The number of methoxy groups -OCH3 is 1. The molecule has 1 amide bonds. The molecule has 0 spiro atoms. The number of phenolic OH excluding ortho intramolecular Hbond substituents is 1. The van der Waals surface area contributed by atoms with Crippen LogP contribution < -0.4 is 0 Å². The number of aliphatic hydroxyl groups is 1. The quantitative estimate of drug-likeness (QED) is 0.623. The molecule has 1 aliphatic rings. The monoisotopic (exact) mass is 393 g/mol. The summed E-state index contributed by atoms with van der Waals surface area (Å²) in [6.07, 6.45) is 0. The molecule has 0 radical (unpaired) electrons. The molecule has 3 aromatic rings. The Bertz CT molecular complexity index is 1080. The molecule has 2 N–H and O–H groups in total. The van der Waals surface area contributed by atoms with Crippen LogP contribution in [0.1, 0.15) is 22.2 Å². The van der Waals surface area contributed by atoms with Crippen molar-refractivity contribution in [2.75, 3.05) is 20.3 Å². The summed E-state index contributed by atoms with van der Waals surface area (Å²) in [6, 6.07) is 14.1. The second kappa shape index (κ2) is 7.44. The molecule has 148 valence electrons. The number of amides is 1. The van der Waals surface area contributed by atoms with Crippen molar-refractivity contribution in [2.45, 2.75) is 6.04 Å². The molecule has 2 aromatic carbocycles. The van der Waals surface area contributed by atoms with E-state index in [0.29, 0.717) is 11.1 Å². The van der Waals surface area contributed by atoms with Gasteiger partial charge >= 0.3 is 0 Å². The van der Waals surface area contributed by atoms with E-state index in [0.717, 1.165) is 5.39 Å². The van der Waals surface area contributed by atoms with Crippen LogP contribution in [-0.4, -0.2) is 47.1 Å². The molecule has 7 nitrogen and oxygen atoms in total. The Morgan fingerprint density at radius 3 is 2.55 bits per heavy atom. The van der Waals surface area contributed by atoms with E-state index < -0.39 is 23.5 Å². The maximum absolute atomic E-state index is 13.3. The fourth-order valence-corrected chi connectivity index (χ4v) is 3.54. The van der Waals surface area contributed by atoms with Gasteiger partial charge in [0.15, 0.2) is 11.5 Å². The zero-order valence-electron chi connectivity index (χ0n) is 15.7. The summed E-state index contributed by atoms with van der Waals surface area (Å²) in [5.74, 6) is -1.73. The van der Waals surface area contributed by atoms with Crippen LogP contribution in [0.2, 0.25) is 0 Å². The maximum atomic E-state index is 13.3. The lowest BCUT2D eigenvalue weighted by Gasteiger charge is -2.26. The number of nitrogens with zero attached hydrogens (tertiary/aromatic N) is 1. The van der Waals surface area contributed by atoms with E-state index in [4.69, 9.17) is 9.15 Å². The minimum Gasteiger partial charge on any atom is -0.508 e. The lowest BCUT2D eigenvalue weighted by molar-refractivity contribution is -0.130. The van der Waals surface area contributed by atoms with Crippen LogP contribution in [0, 0.1) is 0 Å². The van der Waals surface area contributed by atoms with Gasteiger partial charge < -0.3 is 24.3 Å². The third-order valence-electron chi connectivity index (χ3n) is 4.94. The van der Waals surface area contributed by atoms with Gasteiger partial charge in [0.05, 0.1) is 18.2 Å². The lowest BCUT2D eigenvalue weighted by Crippen LogP contribution is -2.33. The smallest absolute Gasteiger partial charge is 0.290 e. The largest absolute Gasteiger partial charge is 0.508 e. The normalized spacial score (nSPS) is 16.8. The molecule has 1 atom stereocenters. The Morgan fingerprint density at radius 1 is 1.14 bits per heavy atom. The van der Waals surface area contributed by atoms with Gasteiger partial charge in [0.2, 0.25) is 5.78 Å². The standard InChI is InChI=1S/C22H19NO6/c1-28-11-10-23-19(13-6-8-15(24)9-7-13)18(21(26)22(23)27)20(25)17-12-14-4-2-3-5-16(14)29-17/h2-9,12,19,24,26H,10-11H2,1H3. The Labute approximate surface area is 166 Å². The van der Waals surface area contributed by atoms with E-state index in [-0.39, 0.29) is 30.2 Å². The number of hydrogen-bond donors (Lipinski definition) is 2. The van der Waals surface area contributed by atoms with Crippen molar-refractivity contribution in [3.05, 3.63) is 77.3 Å². The van der Waals surface area contributed by atoms with Crippen molar-refractivity contribution in [3.8, 4) is 5.75 Å². The second-order valence-electron chi connectivity index (χ2n) is 6.73. The van der Waals surface area contributed by atoms with Crippen molar-refractivity contribution in [3.63, 3.8) is 0 Å². The molecule has 0 saturated carbocycles. The Kier molecular flexibility index (Phi) is 4.82. The molecule has 1 unspecified atom stereocenters. The molecule has 0 fully saturated rings. The number of furan rings is 1. The predicted octanol–water partition coefficient (Wildman–Crippen LogP) is 3.36. The third kappa shape index (κ3) is 3.25. The van der Waals surface area contributed by atoms with Crippen molar-refractivity contribution < 1.29 is 29.0 Å². The van der Waals surface area contributed by atoms with E-state index in [1.165, 1.54) is 24.1 Å². The fourth-order valence-electron chi connectivity index (χ4n) is 3.54. The van der Waals surface area contributed by atoms with Crippen molar-refractivity contribution in [1.82, 2.24) is 4.90 Å². The number of fused-ring (bicyclic) bond motifs is 1. The first-order valence-electron chi connectivity index (χ1n) is 9.06. The van der Waals surface area contributed by atoms with Crippen LogP contribution in [0.5, 0.6) is 5.75 Å². The molecular formula is C22H19NO6. The van der Waals surface area contributed by atoms with E-state index in [1.54, 1.807) is 30.3 Å². The van der Waals surface area contributed by atoms with Crippen molar-refractivity contribution in [2.24, 2.45) is 0 Å². The van der Waals surface area contributed by atoms with Crippen LogP contribution >= 0.6 is 0 Å². The van der Waals surface area contributed by atoms with E-state index in [1.807, 2.05) is 12.1 Å². The Morgan fingerprint density at radius 2 is 1.86 bits per heavy atom. The number of ketones is 1. The summed E-state index contributed by atoms with van der Waals surface area (Å²) < 4.78 is 10.7. The van der Waals surface area contributed by atoms with E-state index in [9.17, 15) is 19.8 Å². The van der Waals surface area contributed by atoms with Gasteiger partial charge in [-0.25, -0.2) is 0 Å². The van der Waals surface area contributed by atoms with Crippen LogP contribution in [0.25, 0.3) is 11.0 Å². The lowest BCUT2D eigenvalue weighted by atomic mass is 9.95. The Hall–Kier alpha value is -3.58. The summed E-state index contributed by atoms with van der Waals surface area (Å²) in [5.41, 5.74) is 1.06. The second-order valence-corrected chi connectivity index (χ2v) is 6.73. The van der Waals surface area contributed by atoms with Gasteiger partial charge in [0.1, 0.15) is 11.3 Å².